The molecule has 0 saturated carbocycles. The van der Waals surface area contributed by atoms with Crippen molar-refractivity contribution in [1.82, 2.24) is 10.6 Å². The number of hydrogen-bond donors (Lipinski definition) is 2. The highest BCUT2D eigenvalue weighted by molar-refractivity contribution is 6.05. The van der Waals surface area contributed by atoms with Crippen molar-refractivity contribution in [2.45, 2.75) is 6.54 Å². The third kappa shape index (κ3) is 5.81. The minimum Gasteiger partial charge on any atom is -0.497 e. The Morgan fingerprint density at radius 2 is 1.48 bits per heavy atom. The standard InChI is InChI=1S/C24H22N2O3/c1-29-21-14-12-18(13-15-21)16-22(26-23(27)20-10-6-3-7-11-20)24(28)25-17-19-8-4-2-5-9-19/h2-16H,17H2,1H3,(H,25,28)(H,26,27)/b22-16+. The topological polar surface area (TPSA) is 67.4 Å². The second-order valence-electron chi connectivity index (χ2n) is 6.32. The molecule has 0 aliphatic rings. The van der Waals surface area contributed by atoms with Gasteiger partial charge in [-0.15, -0.1) is 0 Å². The number of carbonyl (C=O) groups excluding carboxylic acids is 2. The molecule has 0 bridgehead atoms. The molecule has 0 aromatic heterocycles. The Morgan fingerprint density at radius 1 is 0.862 bits per heavy atom. The van der Waals surface area contributed by atoms with Crippen LogP contribution in [0.5, 0.6) is 5.75 Å². The van der Waals surface area contributed by atoms with E-state index in [0.29, 0.717) is 17.9 Å². The average Bonchev–Trinajstić information content (AvgIpc) is 2.78. The van der Waals surface area contributed by atoms with Crippen LogP contribution >= 0.6 is 0 Å². The SMILES string of the molecule is COc1ccc(/C=C(/NC(=O)c2ccccc2)C(=O)NCc2ccccc2)cc1. The third-order valence-electron chi connectivity index (χ3n) is 4.25. The Morgan fingerprint density at radius 3 is 2.10 bits per heavy atom. The first-order valence-corrected chi connectivity index (χ1v) is 9.20. The van der Waals surface area contributed by atoms with Crippen molar-refractivity contribution < 1.29 is 14.3 Å². The smallest absolute Gasteiger partial charge is 0.268 e. The van der Waals surface area contributed by atoms with Gasteiger partial charge in [-0.25, -0.2) is 0 Å². The maximum Gasteiger partial charge on any atom is 0.268 e. The normalized spacial score (nSPS) is 10.9. The highest BCUT2D eigenvalue weighted by Crippen LogP contribution is 2.14. The van der Waals surface area contributed by atoms with E-state index in [9.17, 15) is 9.59 Å². The maximum atomic E-state index is 12.8. The van der Waals surface area contributed by atoms with Crippen LogP contribution in [0.25, 0.3) is 6.08 Å². The molecule has 5 heteroatoms. The van der Waals surface area contributed by atoms with Crippen molar-refractivity contribution in [3.63, 3.8) is 0 Å². The van der Waals surface area contributed by atoms with E-state index >= 15 is 0 Å². The van der Waals surface area contributed by atoms with Gasteiger partial charge in [0.15, 0.2) is 0 Å². The molecule has 0 atom stereocenters. The zero-order valence-corrected chi connectivity index (χ0v) is 16.1. The Bertz CT molecular complexity index is 982. The van der Waals surface area contributed by atoms with E-state index in [1.165, 1.54) is 0 Å². The summed E-state index contributed by atoms with van der Waals surface area (Å²) in [5.41, 5.74) is 2.38. The van der Waals surface area contributed by atoms with Crippen LogP contribution in [0.2, 0.25) is 0 Å². The summed E-state index contributed by atoms with van der Waals surface area (Å²) < 4.78 is 5.16. The molecule has 0 aliphatic carbocycles. The lowest BCUT2D eigenvalue weighted by atomic mass is 10.1. The predicted octanol–water partition coefficient (Wildman–Crippen LogP) is 3.78. The highest BCUT2D eigenvalue weighted by atomic mass is 16.5. The number of amides is 2. The van der Waals surface area contributed by atoms with Gasteiger partial charge in [0, 0.05) is 12.1 Å². The second kappa shape index (κ2) is 9.90. The summed E-state index contributed by atoms with van der Waals surface area (Å²) in [6.07, 6.45) is 1.64. The molecule has 146 valence electrons. The van der Waals surface area contributed by atoms with Gasteiger partial charge < -0.3 is 15.4 Å². The fourth-order valence-electron chi connectivity index (χ4n) is 2.68. The maximum absolute atomic E-state index is 12.8. The van der Waals surface area contributed by atoms with E-state index in [1.54, 1.807) is 49.6 Å². The number of carbonyl (C=O) groups is 2. The fraction of sp³-hybridized carbons (Fsp3) is 0.0833. The molecule has 0 aliphatic heterocycles. The van der Waals surface area contributed by atoms with Crippen LogP contribution in [0.15, 0.2) is 90.6 Å². The Labute approximate surface area is 170 Å². The van der Waals surface area contributed by atoms with E-state index in [4.69, 9.17) is 4.74 Å². The Hall–Kier alpha value is -3.86. The molecule has 5 nitrogen and oxygen atoms in total. The lowest BCUT2D eigenvalue weighted by Crippen LogP contribution is -2.34. The minimum absolute atomic E-state index is 0.167. The second-order valence-corrected chi connectivity index (χ2v) is 6.32. The lowest BCUT2D eigenvalue weighted by Gasteiger charge is -2.11. The number of methoxy groups -OCH3 is 1. The van der Waals surface area contributed by atoms with Gasteiger partial charge in [-0.05, 0) is 41.5 Å². The van der Waals surface area contributed by atoms with Gasteiger partial charge in [-0.2, -0.15) is 0 Å². The molecule has 2 N–H and O–H groups in total. The van der Waals surface area contributed by atoms with Crippen LogP contribution in [0, 0.1) is 0 Å². The molecule has 0 unspecified atom stereocenters. The van der Waals surface area contributed by atoms with Crippen molar-refractivity contribution in [2.75, 3.05) is 7.11 Å². The van der Waals surface area contributed by atoms with Gasteiger partial charge in [0.2, 0.25) is 0 Å². The van der Waals surface area contributed by atoms with E-state index in [0.717, 1.165) is 11.1 Å². The molecule has 2 amide bonds. The summed E-state index contributed by atoms with van der Waals surface area (Å²) in [6, 6.07) is 25.6. The van der Waals surface area contributed by atoms with Gasteiger partial charge in [0.1, 0.15) is 11.4 Å². The van der Waals surface area contributed by atoms with E-state index in [-0.39, 0.29) is 17.5 Å². The number of benzene rings is 3. The van der Waals surface area contributed by atoms with Crippen LogP contribution in [0.4, 0.5) is 0 Å². The zero-order valence-electron chi connectivity index (χ0n) is 16.1. The summed E-state index contributed by atoms with van der Waals surface area (Å²) in [6.45, 7) is 0.362. The van der Waals surface area contributed by atoms with E-state index < -0.39 is 0 Å². The van der Waals surface area contributed by atoms with Crippen molar-refractivity contribution in [1.29, 1.82) is 0 Å². The number of nitrogens with one attached hydrogen (secondary N) is 2. The van der Waals surface area contributed by atoms with Gasteiger partial charge in [-0.1, -0.05) is 60.7 Å². The quantitative estimate of drug-likeness (QED) is 0.607. The summed E-state index contributed by atoms with van der Waals surface area (Å²) in [5, 5.41) is 5.58. The van der Waals surface area contributed by atoms with Crippen LogP contribution in [-0.4, -0.2) is 18.9 Å². The molecular formula is C24H22N2O3. The van der Waals surface area contributed by atoms with Gasteiger partial charge >= 0.3 is 0 Å². The first kappa shape index (κ1) is 19.9. The minimum atomic E-state index is -0.367. The van der Waals surface area contributed by atoms with E-state index in [1.807, 2.05) is 48.5 Å². The van der Waals surface area contributed by atoms with Crippen LogP contribution < -0.4 is 15.4 Å². The van der Waals surface area contributed by atoms with Crippen molar-refractivity contribution >= 4 is 17.9 Å². The third-order valence-corrected chi connectivity index (χ3v) is 4.25. The zero-order chi connectivity index (χ0) is 20.5. The molecule has 0 saturated heterocycles. The molecule has 3 aromatic rings. The molecule has 0 fully saturated rings. The molecule has 3 aromatic carbocycles. The molecule has 0 spiro atoms. The molecule has 3 rings (SSSR count). The number of hydrogen-bond acceptors (Lipinski definition) is 3. The molecule has 0 heterocycles. The largest absolute Gasteiger partial charge is 0.497 e. The van der Waals surface area contributed by atoms with Gasteiger partial charge in [0.05, 0.1) is 7.11 Å². The predicted molar refractivity (Wildman–Crippen MR) is 113 cm³/mol. The summed E-state index contributed by atoms with van der Waals surface area (Å²) in [7, 11) is 1.59. The first-order chi connectivity index (χ1) is 14.2. The van der Waals surface area contributed by atoms with Crippen LogP contribution in [0.3, 0.4) is 0 Å². The Balaban J connectivity index is 1.80. The average molecular weight is 386 g/mol. The first-order valence-electron chi connectivity index (χ1n) is 9.20. The molecule has 0 radical (unpaired) electrons. The van der Waals surface area contributed by atoms with Crippen LogP contribution in [0.1, 0.15) is 21.5 Å². The van der Waals surface area contributed by atoms with E-state index in [2.05, 4.69) is 10.6 Å². The molecule has 29 heavy (non-hydrogen) atoms. The fourth-order valence-corrected chi connectivity index (χ4v) is 2.68. The van der Waals surface area contributed by atoms with Gasteiger partial charge in [-0.3, -0.25) is 9.59 Å². The monoisotopic (exact) mass is 386 g/mol. The number of rotatable bonds is 7. The van der Waals surface area contributed by atoms with Crippen molar-refractivity contribution in [2.24, 2.45) is 0 Å². The highest BCUT2D eigenvalue weighted by Gasteiger charge is 2.14. The summed E-state index contributed by atoms with van der Waals surface area (Å²) in [5.74, 6) is -0.000254. The Kier molecular flexibility index (Phi) is 6.79. The number of ether oxygens (including phenoxy) is 1. The summed E-state index contributed by atoms with van der Waals surface area (Å²) >= 11 is 0. The molecular weight excluding hydrogens is 364 g/mol. The van der Waals surface area contributed by atoms with Crippen LogP contribution in [-0.2, 0) is 11.3 Å². The van der Waals surface area contributed by atoms with Crippen molar-refractivity contribution in [3.05, 3.63) is 107 Å². The van der Waals surface area contributed by atoms with Gasteiger partial charge in [0.25, 0.3) is 11.8 Å². The lowest BCUT2D eigenvalue weighted by molar-refractivity contribution is -0.117. The van der Waals surface area contributed by atoms with Crippen molar-refractivity contribution in [3.8, 4) is 5.75 Å². The summed E-state index contributed by atoms with van der Waals surface area (Å²) in [4.78, 5) is 25.4.